The summed E-state index contributed by atoms with van der Waals surface area (Å²) < 4.78 is 10.7. The largest absolute Gasteiger partial charge is 0.454 e. The third-order valence-electron chi connectivity index (χ3n) is 3.63. The molecule has 114 valence electrons. The van der Waals surface area contributed by atoms with Crippen LogP contribution in [-0.4, -0.2) is 11.9 Å². The summed E-state index contributed by atoms with van der Waals surface area (Å²) in [5.74, 6) is 1.50. The fraction of sp³-hybridized carbons (Fsp3) is 0.235. The molecule has 0 aliphatic carbocycles. The Bertz CT molecular complexity index is 703. The Kier molecular flexibility index (Phi) is 4.15. The van der Waals surface area contributed by atoms with Crippen LogP contribution in [0.25, 0.3) is 0 Å². The molecule has 0 bridgehead atoms. The molecule has 2 aromatic carbocycles. The van der Waals surface area contributed by atoms with Gasteiger partial charge in [-0.05, 0) is 49.3 Å². The van der Waals surface area contributed by atoms with Crippen LogP contribution in [0.5, 0.6) is 11.5 Å². The number of benzene rings is 2. The van der Waals surface area contributed by atoms with E-state index in [1.807, 2.05) is 30.3 Å². The number of anilines is 1. The summed E-state index contributed by atoms with van der Waals surface area (Å²) >= 11 is 5.39. The predicted octanol–water partition coefficient (Wildman–Crippen LogP) is 3.77. The van der Waals surface area contributed by atoms with Gasteiger partial charge < -0.3 is 20.1 Å². The summed E-state index contributed by atoms with van der Waals surface area (Å²) in [7, 11) is 0. The van der Waals surface area contributed by atoms with Gasteiger partial charge in [-0.1, -0.05) is 24.3 Å². The van der Waals surface area contributed by atoms with Crippen LogP contribution in [0.3, 0.4) is 0 Å². The molecule has 0 saturated heterocycles. The van der Waals surface area contributed by atoms with E-state index in [0.29, 0.717) is 5.11 Å². The second-order valence-electron chi connectivity index (χ2n) is 5.24. The van der Waals surface area contributed by atoms with Gasteiger partial charge in [0.2, 0.25) is 6.79 Å². The molecule has 1 aliphatic heterocycles. The normalized spacial score (nSPS) is 13.5. The molecule has 1 aliphatic rings. The third-order valence-corrected chi connectivity index (χ3v) is 3.85. The van der Waals surface area contributed by atoms with Gasteiger partial charge in [-0.2, -0.15) is 0 Å². The first kappa shape index (κ1) is 14.7. The maximum atomic E-state index is 5.39. The lowest BCUT2D eigenvalue weighted by atomic mass is 10.0. The number of rotatable bonds is 3. The first-order chi connectivity index (χ1) is 10.6. The number of thiocarbonyl (C=S) groups is 1. The van der Waals surface area contributed by atoms with Crippen LogP contribution >= 0.6 is 12.2 Å². The Morgan fingerprint density at radius 1 is 1.14 bits per heavy atom. The van der Waals surface area contributed by atoms with Gasteiger partial charge >= 0.3 is 0 Å². The summed E-state index contributed by atoms with van der Waals surface area (Å²) in [6.45, 7) is 4.46. The number of hydrogen-bond donors (Lipinski definition) is 2. The van der Waals surface area contributed by atoms with Crippen molar-refractivity contribution in [2.75, 3.05) is 12.1 Å². The summed E-state index contributed by atoms with van der Waals surface area (Å²) in [5, 5.41) is 7.06. The van der Waals surface area contributed by atoms with Gasteiger partial charge in [-0.25, -0.2) is 0 Å². The summed E-state index contributed by atoms with van der Waals surface area (Å²) in [6, 6.07) is 14.1. The smallest absolute Gasteiger partial charge is 0.231 e. The van der Waals surface area contributed by atoms with Gasteiger partial charge in [0.15, 0.2) is 16.6 Å². The Hall–Kier alpha value is -2.27. The SMILES string of the molecule is Cc1ccccc1C(C)NC(=S)Nc1ccc2c(c1)OCO2. The van der Waals surface area contributed by atoms with E-state index in [1.54, 1.807) is 0 Å². The van der Waals surface area contributed by atoms with E-state index in [2.05, 4.69) is 36.6 Å². The average Bonchev–Trinajstić information content (AvgIpc) is 2.95. The van der Waals surface area contributed by atoms with Crippen LogP contribution in [0.15, 0.2) is 42.5 Å². The molecule has 0 radical (unpaired) electrons. The molecule has 1 unspecified atom stereocenters. The van der Waals surface area contributed by atoms with Crippen molar-refractivity contribution in [3.63, 3.8) is 0 Å². The molecule has 0 fully saturated rings. The molecule has 2 aromatic rings. The number of aryl methyl sites for hydroxylation is 1. The fourth-order valence-corrected chi connectivity index (χ4v) is 2.78. The third kappa shape index (κ3) is 3.14. The van der Waals surface area contributed by atoms with Crippen LogP contribution in [0.1, 0.15) is 24.1 Å². The first-order valence-electron chi connectivity index (χ1n) is 7.16. The van der Waals surface area contributed by atoms with Crippen LogP contribution in [-0.2, 0) is 0 Å². The van der Waals surface area contributed by atoms with Gasteiger partial charge in [-0.3, -0.25) is 0 Å². The Morgan fingerprint density at radius 3 is 2.73 bits per heavy atom. The van der Waals surface area contributed by atoms with E-state index < -0.39 is 0 Å². The van der Waals surface area contributed by atoms with Gasteiger partial charge in [0.05, 0.1) is 6.04 Å². The zero-order chi connectivity index (χ0) is 15.5. The highest BCUT2D eigenvalue weighted by molar-refractivity contribution is 7.80. The van der Waals surface area contributed by atoms with Crippen LogP contribution in [0.4, 0.5) is 5.69 Å². The molecule has 2 N–H and O–H groups in total. The van der Waals surface area contributed by atoms with Gasteiger partial charge in [0.1, 0.15) is 0 Å². The van der Waals surface area contributed by atoms with Crippen molar-refractivity contribution in [2.24, 2.45) is 0 Å². The van der Waals surface area contributed by atoms with E-state index in [1.165, 1.54) is 11.1 Å². The Morgan fingerprint density at radius 2 is 1.91 bits per heavy atom. The minimum atomic E-state index is 0.134. The van der Waals surface area contributed by atoms with Crippen molar-refractivity contribution >= 4 is 23.0 Å². The number of ether oxygens (including phenoxy) is 2. The molecule has 4 nitrogen and oxygen atoms in total. The second-order valence-corrected chi connectivity index (χ2v) is 5.65. The molecule has 0 saturated carbocycles. The predicted molar refractivity (Wildman–Crippen MR) is 91.5 cm³/mol. The molecule has 1 heterocycles. The maximum absolute atomic E-state index is 5.39. The van der Waals surface area contributed by atoms with Gasteiger partial charge in [0.25, 0.3) is 0 Å². The zero-order valence-corrected chi connectivity index (χ0v) is 13.4. The number of nitrogens with one attached hydrogen (secondary N) is 2. The highest BCUT2D eigenvalue weighted by Gasteiger charge is 2.14. The van der Waals surface area contributed by atoms with Crippen molar-refractivity contribution in [1.82, 2.24) is 5.32 Å². The summed E-state index contributed by atoms with van der Waals surface area (Å²) in [6.07, 6.45) is 0. The quantitative estimate of drug-likeness (QED) is 0.844. The molecule has 5 heteroatoms. The van der Waals surface area contributed by atoms with Crippen LogP contribution in [0, 0.1) is 6.92 Å². The van der Waals surface area contributed by atoms with Crippen molar-refractivity contribution in [2.45, 2.75) is 19.9 Å². The highest BCUT2D eigenvalue weighted by Crippen LogP contribution is 2.34. The van der Waals surface area contributed by atoms with Crippen LogP contribution in [0.2, 0.25) is 0 Å². The molecule has 1 atom stereocenters. The van der Waals surface area contributed by atoms with Crippen molar-refractivity contribution < 1.29 is 9.47 Å². The molecular weight excluding hydrogens is 296 g/mol. The average molecular weight is 314 g/mol. The van der Waals surface area contributed by atoms with E-state index in [-0.39, 0.29) is 12.8 Å². The second kappa shape index (κ2) is 6.23. The maximum Gasteiger partial charge on any atom is 0.231 e. The van der Waals surface area contributed by atoms with Crippen LogP contribution < -0.4 is 20.1 Å². The van der Waals surface area contributed by atoms with Crippen molar-refractivity contribution in [1.29, 1.82) is 0 Å². The summed E-state index contributed by atoms with van der Waals surface area (Å²) in [5.41, 5.74) is 3.35. The minimum Gasteiger partial charge on any atom is -0.454 e. The number of fused-ring (bicyclic) bond motifs is 1. The molecule has 22 heavy (non-hydrogen) atoms. The monoisotopic (exact) mass is 314 g/mol. The zero-order valence-electron chi connectivity index (χ0n) is 12.6. The topological polar surface area (TPSA) is 42.5 Å². The summed E-state index contributed by atoms with van der Waals surface area (Å²) in [4.78, 5) is 0. The van der Waals surface area contributed by atoms with Crippen molar-refractivity contribution in [3.05, 3.63) is 53.6 Å². The Labute approximate surface area is 135 Å². The van der Waals surface area contributed by atoms with E-state index in [0.717, 1.165) is 17.2 Å². The lowest BCUT2D eigenvalue weighted by molar-refractivity contribution is 0.174. The van der Waals surface area contributed by atoms with E-state index >= 15 is 0 Å². The lowest BCUT2D eigenvalue weighted by Crippen LogP contribution is -2.31. The van der Waals surface area contributed by atoms with Gasteiger partial charge in [-0.15, -0.1) is 0 Å². The molecule has 0 amide bonds. The van der Waals surface area contributed by atoms with E-state index in [9.17, 15) is 0 Å². The number of hydrogen-bond acceptors (Lipinski definition) is 3. The standard InChI is InChI=1S/C17H18N2O2S/c1-11-5-3-4-6-14(11)12(2)18-17(22)19-13-7-8-15-16(9-13)21-10-20-15/h3-9,12H,10H2,1-2H3,(H2,18,19,22). The Balaban J connectivity index is 1.64. The highest BCUT2D eigenvalue weighted by atomic mass is 32.1. The van der Waals surface area contributed by atoms with Gasteiger partial charge in [0, 0.05) is 11.8 Å². The molecule has 0 spiro atoms. The van der Waals surface area contributed by atoms with Crippen molar-refractivity contribution in [3.8, 4) is 11.5 Å². The molecule has 0 aromatic heterocycles. The molecule has 3 rings (SSSR count). The molecular formula is C17H18N2O2S. The minimum absolute atomic E-state index is 0.134. The lowest BCUT2D eigenvalue weighted by Gasteiger charge is -2.19. The van der Waals surface area contributed by atoms with E-state index in [4.69, 9.17) is 21.7 Å². The first-order valence-corrected chi connectivity index (χ1v) is 7.57. The fourth-order valence-electron chi connectivity index (χ4n) is 2.49.